The van der Waals surface area contributed by atoms with Gasteiger partial charge in [-0.05, 0) is 25.8 Å². The third-order valence-electron chi connectivity index (χ3n) is 3.79. The molecule has 9 nitrogen and oxygen atoms in total. The second-order valence-corrected chi connectivity index (χ2v) is 5.70. The molecule has 0 saturated carbocycles. The first-order valence-corrected chi connectivity index (χ1v) is 8.58. The Morgan fingerprint density at radius 1 is 1.07 bits per heavy atom. The first kappa shape index (κ1) is 20.1. The van der Waals surface area contributed by atoms with E-state index in [2.05, 4.69) is 10.3 Å². The van der Waals surface area contributed by atoms with Gasteiger partial charge in [-0.25, -0.2) is 14.3 Å². The number of carbonyl (C=O) groups is 3. The Morgan fingerprint density at radius 2 is 1.70 bits per heavy atom. The molecule has 1 atom stereocenters. The van der Waals surface area contributed by atoms with Gasteiger partial charge in [0.1, 0.15) is 0 Å². The molecule has 2 rings (SSSR count). The highest BCUT2D eigenvalue weighted by molar-refractivity contribution is 6.00. The minimum atomic E-state index is -0.787. The maximum Gasteiger partial charge on any atom is 0.361 e. The number of rotatable bonds is 9. The van der Waals surface area contributed by atoms with Gasteiger partial charge in [-0.3, -0.25) is 4.79 Å². The van der Waals surface area contributed by atoms with E-state index in [4.69, 9.17) is 15.2 Å². The molecule has 27 heavy (non-hydrogen) atoms. The number of nitrogens with two attached hydrogens (primary N) is 1. The van der Waals surface area contributed by atoms with E-state index in [1.807, 2.05) is 30.3 Å². The van der Waals surface area contributed by atoms with Crippen LogP contribution in [0.2, 0.25) is 0 Å². The van der Waals surface area contributed by atoms with Crippen molar-refractivity contribution in [3.8, 4) is 0 Å². The van der Waals surface area contributed by atoms with Crippen LogP contribution in [0.25, 0.3) is 0 Å². The molecule has 2 aromatic rings. The molecule has 0 spiro atoms. The summed E-state index contributed by atoms with van der Waals surface area (Å²) in [7, 11) is 0. The van der Waals surface area contributed by atoms with Gasteiger partial charge < -0.3 is 15.2 Å². The molecule has 1 aromatic heterocycles. The van der Waals surface area contributed by atoms with Gasteiger partial charge in [-0.2, -0.15) is 0 Å². The summed E-state index contributed by atoms with van der Waals surface area (Å²) >= 11 is 0. The van der Waals surface area contributed by atoms with Crippen LogP contribution >= 0.6 is 0 Å². The summed E-state index contributed by atoms with van der Waals surface area (Å²) in [5.74, 6) is -2.77. The average Bonchev–Trinajstić information content (AvgIpc) is 3.06. The Morgan fingerprint density at radius 3 is 2.30 bits per heavy atom. The maximum absolute atomic E-state index is 12.3. The molecule has 0 aliphatic heterocycles. The van der Waals surface area contributed by atoms with Crippen molar-refractivity contribution in [3.63, 3.8) is 0 Å². The minimum Gasteiger partial charge on any atom is -0.461 e. The average molecular weight is 374 g/mol. The Kier molecular flexibility index (Phi) is 7.04. The third-order valence-corrected chi connectivity index (χ3v) is 3.79. The second kappa shape index (κ2) is 9.46. The number of primary amides is 1. The number of hydrogen-bond acceptors (Lipinski definition) is 7. The molecular weight excluding hydrogens is 352 g/mol. The van der Waals surface area contributed by atoms with Crippen LogP contribution in [0.4, 0.5) is 0 Å². The topological polar surface area (TPSA) is 126 Å². The second-order valence-electron chi connectivity index (χ2n) is 5.70. The monoisotopic (exact) mass is 374 g/mol. The van der Waals surface area contributed by atoms with Crippen LogP contribution in [0.1, 0.15) is 40.4 Å². The molecule has 0 aliphatic rings. The van der Waals surface area contributed by atoms with E-state index in [-0.39, 0.29) is 31.1 Å². The third kappa shape index (κ3) is 5.13. The smallest absolute Gasteiger partial charge is 0.361 e. The van der Waals surface area contributed by atoms with Gasteiger partial charge in [0.05, 0.1) is 25.7 Å². The summed E-state index contributed by atoms with van der Waals surface area (Å²) in [6, 6.07) is 9.31. The summed E-state index contributed by atoms with van der Waals surface area (Å²) in [5.41, 5.74) is 6.02. The number of esters is 2. The lowest BCUT2D eigenvalue weighted by Gasteiger charge is -2.15. The number of benzene rings is 1. The standard InChI is InChI=1S/C18H22N4O5/c1-3-26-17(24)14-15(18(25)27-4-2)22(21-20-14)11-13(16(19)23)10-12-8-6-5-7-9-12/h5-9,13H,3-4,10-11H2,1-2H3,(H2,19,23)/t13-/m0/s1. The molecule has 1 aromatic carbocycles. The van der Waals surface area contributed by atoms with Crippen molar-refractivity contribution in [2.45, 2.75) is 26.8 Å². The zero-order valence-corrected chi connectivity index (χ0v) is 15.3. The fourth-order valence-electron chi connectivity index (χ4n) is 2.54. The number of hydrogen-bond donors (Lipinski definition) is 1. The van der Waals surface area contributed by atoms with Crippen LogP contribution < -0.4 is 5.73 Å². The molecule has 2 N–H and O–H groups in total. The number of nitrogens with zero attached hydrogens (tertiary/aromatic N) is 3. The van der Waals surface area contributed by atoms with Gasteiger partial charge in [0.2, 0.25) is 11.6 Å². The van der Waals surface area contributed by atoms with E-state index in [1.54, 1.807) is 13.8 Å². The van der Waals surface area contributed by atoms with Crippen LogP contribution in [-0.2, 0) is 27.2 Å². The molecule has 9 heteroatoms. The van der Waals surface area contributed by atoms with Gasteiger partial charge in [0, 0.05) is 0 Å². The number of amides is 1. The summed E-state index contributed by atoms with van der Waals surface area (Å²) in [6.07, 6.45) is 0.354. The number of carbonyl (C=O) groups excluding carboxylic acids is 3. The zero-order valence-electron chi connectivity index (χ0n) is 15.3. The lowest BCUT2D eigenvalue weighted by Crippen LogP contribution is -2.31. The van der Waals surface area contributed by atoms with Gasteiger partial charge in [-0.1, -0.05) is 35.5 Å². The van der Waals surface area contributed by atoms with Crippen molar-refractivity contribution < 1.29 is 23.9 Å². The molecule has 0 saturated heterocycles. The van der Waals surface area contributed by atoms with E-state index >= 15 is 0 Å². The molecule has 1 amide bonds. The van der Waals surface area contributed by atoms with Crippen LogP contribution in [0, 0.1) is 5.92 Å². The Labute approximate surface area is 156 Å². The lowest BCUT2D eigenvalue weighted by molar-refractivity contribution is -0.122. The number of aromatic nitrogens is 3. The van der Waals surface area contributed by atoms with Crippen LogP contribution in [-0.4, -0.2) is 46.1 Å². The predicted octanol–water partition coefficient (Wildman–Crippen LogP) is 0.976. The van der Waals surface area contributed by atoms with Crippen LogP contribution in [0.5, 0.6) is 0 Å². The molecule has 144 valence electrons. The van der Waals surface area contributed by atoms with E-state index in [1.165, 1.54) is 4.68 Å². The van der Waals surface area contributed by atoms with Gasteiger partial charge in [0.25, 0.3) is 0 Å². The first-order chi connectivity index (χ1) is 13.0. The maximum atomic E-state index is 12.3. The van der Waals surface area contributed by atoms with Crippen molar-refractivity contribution >= 4 is 17.8 Å². The fourth-order valence-corrected chi connectivity index (χ4v) is 2.54. The number of ether oxygens (including phenoxy) is 2. The van der Waals surface area contributed by atoms with Gasteiger partial charge in [0.15, 0.2) is 5.69 Å². The van der Waals surface area contributed by atoms with Crippen LogP contribution in [0.15, 0.2) is 30.3 Å². The zero-order chi connectivity index (χ0) is 19.8. The molecule has 0 aliphatic carbocycles. The predicted molar refractivity (Wildman–Crippen MR) is 94.8 cm³/mol. The molecular formula is C18H22N4O5. The molecule has 1 heterocycles. The molecule has 0 bridgehead atoms. The van der Waals surface area contributed by atoms with E-state index in [9.17, 15) is 14.4 Å². The van der Waals surface area contributed by atoms with Crippen molar-refractivity contribution in [2.24, 2.45) is 11.7 Å². The van der Waals surface area contributed by atoms with Gasteiger partial charge in [-0.15, -0.1) is 5.10 Å². The SMILES string of the molecule is CCOC(=O)c1nnn(C[C@H](Cc2ccccc2)C(N)=O)c1C(=O)OCC. The quantitative estimate of drug-likeness (QED) is 0.648. The van der Waals surface area contributed by atoms with Crippen molar-refractivity contribution in [2.75, 3.05) is 13.2 Å². The van der Waals surface area contributed by atoms with E-state index in [0.29, 0.717) is 6.42 Å². The van der Waals surface area contributed by atoms with Crippen molar-refractivity contribution in [1.82, 2.24) is 15.0 Å². The highest BCUT2D eigenvalue weighted by atomic mass is 16.5. The lowest BCUT2D eigenvalue weighted by atomic mass is 9.98. The first-order valence-electron chi connectivity index (χ1n) is 8.58. The van der Waals surface area contributed by atoms with E-state index < -0.39 is 23.8 Å². The Hall–Kier alpha value is -3.23. The molecule has 0 unspecified atom stereocenters. The minimum absolute atomic E-state index is 0.0230. The highest BCUT2D eigenvalue weighted by Crippen LogP contribution is 2.15. The summed E-state index contributed by atoms with van der Waals surface area (Å²) in [5, 5.41) is 7.59. The summed E-state index contributed by atoms with van der Waals surface area (Å²) < 4.78 is 11.1. The summed E-state index contributed by atoms with van der Waals surface area (Å²) in [4.78, 5) is 36.3. The Bertz CT molecular complexity index is 803. The van der Waals surface area contributed by atoms with Crippen LogP contribution in [0.3, 0.4) is 0 Å². The molecule has 0 fully saturated rings. The summed E-state index contributed by atoms with van der Waals surface area (Å²) in [6.45, 7) is 3.47. The normalized spacial score (nSPS) is 11.6. The highest BCUT2D eigenvalue weighted by Gasteiger charge is 2.29. The molecule has 0 radical (unpaired) electrons. The Balaban J connectivity index is 2.33. The fraction of sp³-hybridized carbons (Fsp3) is 0.389. The van der Waals surface area contributed by atoms with Crippen molar-refractivity contribution in [1.29, 1.82) is 0 Å². The van der Waals surface area contributed by atoms with Crippen molar-refractivity contribution in [3.05, 3.63) is 47.3 Å². The van der Waals surface area contributed by atoms with E-state index in [0.717, 1.165) is 5.56 Å². The van der Waals surface area contributed by atoms with Gasteiger partial charge >= 0.3 is 11.9 Å². The largest absolute Gasteiger partial charge is 0.461 e.